The Morgan fingerprint density at radius 2 is 1.55 bits per heavy atom. The number of anilines is 2. The Balaban J connectivity index is 1.33. The summed E-state index contributed by atoms with van der Waals surface area (Å²) < 4.78 is 30.6. The summed E-state index contributed by atoms with van der Waals surface area (Å²) in [6.45, 7) is 0.144. The molecule has 2 amide bonds. The molecule has 4 aromatic rings. The molecule has 0 radical (unpaired) electrons. The Labute approximate surface area is 175 Å². The van der Waals surface area contributed by atoms with Gasteiger partial charge in [0.1, 0.15) is 5.82 Å². The number of fused-ring (bicyclic) bond motifs is 1. The van der Waals surface area contributed by atoms with Gasteiger partial charge in [-0.25, -0.2) is 9.18 Å². The topological polar surface area (TPSA) is 98.5 Å². The predicted octanol–water partition coefficient (Wildman–Crippen LogP) is 4.92. The Bertz CT molecular complexity index is 1260. The fourth-order valence-corrected chi connectivity index (χ4v) is 3.06. The first-order valence-electron chi connectivity index (χ1n) is 9.32. The number of nitrogens with one attached hydrogen (secondary N) is 2. The summed E-state index contributed by atoms with van der Waals surface area (Å²) >= 11 is 0. The Hall–Kier alpha value is -4.40. The van der Waals surface area contributed by atoms with Crippen molar-refractivity contribution >= 4 is 17.4 Å². The van der Waals surface area contributed by atoms with Gasteiger partial charge < -0.3 is 24.5 Å². The van der Waals surface area contributed by atoms with Crippen LogP contribution in [0, 0.1) is 5.82 Å². The van der Waals surface area contributed by atoms with Gasteiger partial charge in [-0.05, 0) is 42.5 Å². The third-order valence-corrected chi connectivity index (χ3v) is 4.53. The third-order valence-electron chi connectivity index (χ3n) is 4.53. The van der Waals surface area contributed by atoms with Crippen LogP contribution in [0.5, 0.6) is 11.5 Å². The number of ether oxygens (including phenoxy) is 2. The minimum atomic E-state index is -0.551. The van der Waals surface area contributed by atoms with E-state index in [-0.39, 0.29) is 24.1 Å². The van der Waals surface area contributed by atoms with Crippen LogP contribution in [0.15, 0.2) is 71.1 Å². The van der Waals surface area contributed by atoms with E-state index in [0.29, 0.717) is 22.9 Å². The first-order chi connectivity index (χ1) is 15.2. The van der Waals surface area contributed by atoms with Crippen molar-refractivity contribution in [3.8, 4) is 34.4 Å². The molecule has 1 aromatic heterocycles. The average Bonchev–Trinajstić information content (AvgIpc) is 3.45. The number of halogens is 1. The van der Waals surface area contributed by atoms with E-state index in [1.807, 2.05) is 30.3 Å². The molecule has 3 aromatic carbocycles. The Morgan fingerprint density at radius 1 is 0.839 bits per heavy atom. The number of hydrogen-bond donors (Lipinski definition) is 2. The van der Waals surface area contributed by atoms with Crippen LogP contribution in [0.3, 0.4) is 0 Å². The van der Waals surface area contributed by atoms with Crippen molar-refractivity contribution in [3.05, 3.63) is 72.5 Å². The average molecular weight is 418 g/mol. The van der Waals surface area contributed by atoms with Crippen LogP contribution in [0.2, 0.25) is 0 Å². The van der Waals surface area contributed by atoms with Crippen molar-refractivity contribution in [1.82, 2.24) is 10.2 Å². The van der Waals surface area contributed by atoms with Crippen LogP contribution >= 0.6 is 0 Å². The van der Waals surface area contributed by atoms with Gasteiger partial charge in [-0.15, -0.1) is 10.2 Å². The van der Waals surface area contributed by atoms with E-state index in [0.717, 1.165) is 5.56 Å². The second-order valence-electron chi connectivity index (χ2n) is 6.62. The fraction of sp³-hybridized carbons (Fsp3) is 0.0455. The molecule has 2 N–H and O–H groups in total. The number of carbonyl (C=O) groups is 1. The molecule has 5 rings (SSSR count). The second kappa shape index (κ2) is 7.79. The molecule has 9 heteroatoms. The molecular weight excluding hydrogens is 403 g/mol. The highest BCUT2D eigenvalue weighted by Crippen LogP contribution is 2.34. The molecule has 0 atom stereocenters. The van der Waals surface area contributed by atoms with E-state index in [1.54, 1.807) is 18.2 Å². The smallest absolute Gasteiger partial charge is 0.323 e. The molecule has 1 aliphatic rings. The second-order valence-corrected chi connectivity index (χ2v) is 6.62. The van der Waals surface area contributed by atoms with E-state index in [4.69, 9.17) is 13.9 Å². The SMILES string of the molecule is O=C(Nc1ccc2c(c1)OCO2)Nc1ccc(F)c(-c2nnc(-c3ccccc3)o2)c1. The molecule has 0 aliphatic carbocycles. The lowest BCUT2D eigenvalue weighted by Crippen LogP contribution is -2.19. The minimum absolute atomic E-state index is 0.0104. The molecule has 0 bridgehead atoms. The van der Waals surface area contributed by atoms with Crippen molar-refractivity contribution in [2.45, 2.75) is 0 Å². The van der Waals surface area contributed by atoms with Gasteiger partial charge in [-0.3, -0.25) is 0 Å². The van der Waals surface area contributed by atoms with Gasteiger partial charge in [0.05, 0.1) is 5.56 Å². The molecule has 0 saturated carbocycles. The molecule has 154 valence electrons. The molecule has 0 fully saturated rings. The summed E-state index contributed by atoms with van der Waals surface area (Å²) in [5, 5.41) is 13.3. The maximum atomic E-state index is 14.4. The van der Waals surface area contributed by atoms with Gasteiger partial charge in [0, 0.05) is 23.0 Å². The summed E-state index contributed by atoms with van der Waals surface area (Å²) in [6, 6.07) is 17.8. The fourth-order valence-electron chi connectivity index (χ4n) is 3.06. The molecular formula is C22H15FN4O4. The highest BCUT2D eigenvalue weighted by molar-refractivity contribution is 6.00. The first kappa shape index (κ1) is 18.6. The standard InChI is InChI=1S/C22H15FN4O4/c23-17-8-6-14(24-22(28)25-15-7-9-18-19(11-15)30-12-29-18)10-16(17)21-27-26-20(31-21)13-4-2-1-3-5-13/h1-11H,12H2,(H2,24,25,28). The molecule has 1 aliphatic heterocycles. The number of hydrogen-bond acceptors (Lipinski definition) is 6. The first-order valence-corrected chi connectivity index (χ1v) is 9.32. The zero-order chi connectivity index (χ0) is 21.2. The number of urea groups is 1. The van der Waals surface area contributed by atoms with E-state index < -0.39 is 11.8 Å². The zero-order valence-electron chi connectivity index (χ0n) is 16.0. The highest BCUT2D eigenvalue weighted by atomic mass is 19.1. The molecule has 0 saturated heterocycles. The van der Waals surface area contributed by atoms with Crippen LogP contribution in [-0.2, 0) is 0 Å². The van der Waals surface area contributed by atoms with Crippen molar-refractivity contribution in [3.63, 3.8) is 0 Å². The lowest BCUT2D eigenvalue weighted by molar-refractivity contribution is 0.174. The Kier molecular flexibility index (Phi) is 4.68. The van der Waals surface area contributed by atoms with E-state index in [1.165, 1.54) is 18.2 Å². The van der Waals surface area contributed by atoms with Gasteiger partial charge >= 0.3 is 6.03 Å². The van der Waals surface area contributed by atoms with E-state index >= 15 is 0 Å². The number of amides is 2. The number of nitrogens with zero attached hydrogens (tertiary/aromatic N) is 2. The van der Waals surface area contributed by atoms with E-state index in [9.17, 15) is 9.18 Å². The number of rotatable bonds is 4. The van der Waals surface area contributed by atoms with Crippen molar-refractivity contribution in [2.24, 2.45) is 0 Å². The molecule has 0 spiro atoms. The zero-order valence-corrected chi connectivity index (χ0v) is 16.0. The molecule has 0 unspecified atom stereocenters. The van der Waals surface area contributed by atoms with Crippen LogP contribution in [0.1, 0.15) is 0 Å². The molecule has 8 nitrogen and oxygen atoms in total. The summed E-state index contributed by atoms with van der Waals surface area (Å²) in [5.41, 5.74) is 1.68. The number of benzene rings is 3. The monoisotopic (exact) mass is 418 g/mol. The predicted molar refractivity (Wildman–Crippen MR) is 110 cm³/mol. The quantitative estimate of drug-likeness (QED) is 0.488. The lowest BCUT2D eigenvalue weighted by atomic mass is 10.2. The van der Waals surface area contributed by atoms with Crippen LogP contribution in [-0.4, -0.2) is 23.0 Å². The summed E-state index contributed by atoms with van der Waals surface area (Å²) in [6.07, 6.45) is 0. The Morgan fingerprint density at radius 3 is 2.39 bits per heavy atom. The highest BCUT2D eigenvalue weighted by Gasteiger charge is 2.17. The normalized spacial score (nSPS) is 11.9. The maximum Gasteiger partial charge on any atom is 0.323 e. The van der Waals surface area contributed by atoms with Gasteiger partial charge in [0.2, 0.25) is 12.7 Å². The summed E-state index contributed by atoms with van der Waals surface area (Å²) in [7, 11) is 0. The van der Waals surface area contributed by atoms with Crippen molar-refractivity contribution in [1.29, 1.82) is 0 Å². The maximum absolute atomic E-state index is 14.4. The number of carbonyl (C=O) groups excluding carboxylic acids is 1. The van der Waals surface area contributed by atoms with Gasteiger partial charge in [0.25, 0.3) is 5.89 Å². The van der Waals surface area contributed by atoms with Crippen molar-refractivity contribution in [2.75, 3.05) is 17.4 Å². The van der Waals surface area contributed by atoms with Crippen LogP contribution in [0.4, 0.5) is 20.6 Å². The largest absolute Gasteiger partial charge is 0.454 e. The lowest BCUT2D eigenvalue weighted by Gasteiger charge is -2.09. The van der Waals surface area contributed by atoms with Crippen LogP contribution in [0.25, 0.3) is 22.9 Å². The van der Waals surface area contributed by atoms with Crippen molar-refractivity contribution < 1.29 is 23.1 Å². The van der Waals surface area contributed by atoms with Gasteiger partial charge in [-0.1, -0.05) is 18.2 Å². The molecule has 2 heterocycles. The summed E-state index contributed by atoms with van der Waals surface area (Å²) in [5.74, 6) is 0.895. The minimum Gasteiger partial charge on any atom is -0.454 e. The number of aromatic nitrogens is 2. The third kappa shape index (κ3) is 3.88. The summed E-state index contributed by atoms with van der Waals surface area (Å²) in [4.78, 5) is 12.4. The molecule has 31 heavy (non-hydrogen) atoms. The van der Waals surface area contributed by atoms with E-state index in [2.05, 4.69) is 20.8 Å². The van der Waals surface area contributed by atoms with Crippen LogP contribution < -0.4 is 20.1 Å². The van der Waals surface area contributed by atoms with Gasteiger partial charge in [0.15, 0.2) is 11.5 Å². The van der Waals surface area contributed by atoms with Gasteiger partial charge in [-0.2, -0.15) is 0 Å².